The van der Waals surface area contributed by atoms with E-state index in [1.54, 1.807) is 30.5 Å². The summed E-state index contributed by atoms with van der Waals surface area (Å²) in [5.74, 6) is -0.804. The van der Waals surface area contributed by atoms with Gasteiger partial charge in [-0.05, 0) is 31.6 Å². The Kier molecular flexibility index (Phi) is 5.49. The monoisotopic (exact) mass is 443 g/mol. The molecule has 7 heteroatoms. The molecule has 1 fully saturated rings. The molecule has 33 heavy (non-hydrogen) atoms. The lowest BCUT2D eigenvalue weighted by Crippen LogP contribution is -2.30. The fourth-order valence-electron chi connectivity index (χ4n) is 4.53. The van der Waals surface area contributed by atoms with E-state index in [1.807, 2.05) is 33.8 Å². The van der Waals surface area contributed by atoms with E-state index in [1.165, 1.54) is 0 Å². The van der Waals surface area contributed by atoms with Gasteiger partial charge in [0.2, 0.25) is 0 Å². The Hall–Kier alpha value is -3.65. The van der Waals surface area contributed by atoms with Gasteiger partial charge in [0.1, 0.15) is 24.8 Å². The maximum Gasteiger partial charge on any atom is 0.195 e. The third kappa shape index (κ3) is 3.66. The average Bonchev–Trinajstić information content (AvgIpc) is 3.34. The molecule has 0 amide bonds. The first-order valence-electron chi connectivity index (χ1n) is 10.7. The predicted molar refractivity (Wildman–Crippen MR) is 122 cm³/mol. The molecule has 0 bridgehead atoms. The number of fused-ring (bicyclic) bond motifs is 3. The molecule has 1 aliphatic heterocycles. The van der Waals surface area contributed by atoms with Gasteiger partial charge in [-0.15, -0.1) is 0 Å². The molecule has 168 valence electrons. The fraction of sp³-hybridized carbons (Fsp3) is 0.346. The zero-order valence-electron chi connectivity index (χ0n) is 19.1. The van der Waals surface area contributed by atoms with Crippen molar-refractivity contribution in [2.45, 2.75) is 45.0 Å². The number of nitriles is 2. The molecule has 1 N–H and O–H groups in total. The van der Waals surface area contributed by atoms with Gasteiger partial charge in [-0.25, -0.2) is 0 Å². The number of nitrogens with one attached hydrogen (secondary N) is 1. The number of aromatic amines is 1. The van der Waals surface area contributed by atoms with Crippen LogP contribution in [0, 0.1) is 22.7 Å². The molecule has 2 aromatic rings. The van der Waals surface area contributed by atoms with E-state index < -0.39 is 11.2 Å². The summed E-state index contributed by atoms with van der Waals surface area (Å²) in [6.07, 6.45) is 4.72. The summed E-state index contributed by atoms with van der Waals surface area (Å²) < 4.78 is 17.0. The van der Waals surface area contributed by atoms with Crippen molar-refractivity contribution in [1.29, 1.82) is 10.5 Å². The Morgan fingerprint density at radius 1 is 1.27 bits per heavy atom. The first kappa shape index (κ1) is 22.5. The molecule has 0 spiro atoms. The van der Waals surface area contributed by atoms with E-state index in [9.17, 15) is 15.3 Å². The quantitative estimate of drug-likeness (QED) is 0.679. The Bertz CT molecular complexity index is 1310. The number of benzene rings is 1. The zero-order chi connectivity index (χ0) is 24.0. The number of allylic oxidation sites excluding steroid dienone is 4. The Balaban J connectivity index is 1.71. The van der Waals surface area contributed by atoms with Crippen molar-refractivity contribution >= 4 is 16.7 Å². The van der Waals surface area contributed by atoms with Crippen LogP contribution in [0.25, 0.3) is 10.9 Å². The number of aromatic nitrogens is 1. The summed E-state index contributed by atoms with van der Waals surface area (Å²) in [7, 11) is 0. The zero-order valence-corrected chi connectivity index (χ0v) is 19.1. The summed E-state index contributed by atoms with van der Waals surface area (Å²) >= 11 is 0. The first-order chi connectivity index (χ1) is 15.6. The lowest BCUT2D eigenvalue weighted by Gasteiger charge is -2.32. The molecular weight excluding hydrogens is 418 g/mol. The molecular formula is C26H25N3O4. The van der Waals surface area contributed by atoms with Crippen molar-refractivity contribution in [3.63, 3.8) is 0 Å². The van der Waals surface area contributed by atoms with Gasteiger partial charge >= 0.3 is 0 Å². The van der Waals surface area contributed by atoms with Crippen LogP contribution >= 0.6 is 0 Å². The minimum atomic E-state index is -0.617. The van der Waals surface area contributed by atoms with Crippen LogP contribution in [0.4, 0.5) is 0 Å². The number of nitrogens with zero attached hydrogens (tertiary/aromatic N) is 2. The Labute approximate surface area is 192 Å². The summed E-state index contributed by atoms with van der Waals surface area (Å²) in [5.41, 5.74) is 2.78. The second kappa shape index (κ2) is 8.04. The van der Waals surface area contributed by atoms with Crippen LogP contribution in [-0.2, 0) is 19.6 Å². The Morgan fingerprint density at radius 2 is 2.03 bits per heavy atom. The number of Topliss-reactive ketones (excluding diaryl/α,β-unsaturated/α-hetero) is 1. The summed E-state index contributed by atoms with van der Waals surface area (Å²) in [5, 5.41) is 19.6. The van der Waals surface area contributed by atoms with E-state index in [4.69, 9.17) is 14.2 Å². The number of H-pyrrole nitrogens is 1. The van der Waals surface area contributed by atoms with E-state index in [-0.39, 0.29) is 23.0 Å². The highest BCUT2D eigenvalue weighted by Crippen LogP contribution is 2.45. The van der Waals surface area contributed by atoms with Crippen LogP contribution in [0.3, 0.4) is 0 Å². The normalized spacial score (nSPS) is 21.2. The lowest BCUT2D eigenvalue weighted by atomic mass is 9.71. The summed E-state index contributed by atoms with van der Waals surface area (Å²) in [6, 6.07) is 7.43. The van der Waals surface area contributed by atoms with Crippen molar-refractivity contribution in [2.75, 3.05) is 13.2 Å². The van der Waals surface area contributed by atoms with Crippen LogP contribution in [0.1, 0.15) is 54.9 Å². The molecule has 7 nitrogen and oxygen atoms in total. The number of carbonyl (C=O) groups excluding carboxylic acids is 1. The smallest absolute Gasteiger partial charge is 0.195 e. The molecule has 0 radical (unpaired) electrons. The van der Waals surface area contributed by atoms with Crippen LogP contribution in [-0.4, -0.2) is 35.9 Å². The van der Waals surface area contributed by atoms with Crippen molar-refractivity contribution < 1.29 is 19.0 Å². The second-order valence-corrected chi connectivity index (χ2v) is 9.08. The Morgan fingerprint density at radius 3 is 2.64 bits per heavy atom. The minimum absolute atomic E-state index is 0.169. The largest absolute Gasteiger partial charge is 0.498 e. The maximum absolute atomic E-state index is 13.5. The topological polar surface area (TPSA) is 108 Å². The van der Waals surface area contributed by atoms with Crippen LogP contribution < -0.4 is 0 Å². The molecule has 2 heterocycles. The maximum atomic E-state index is 13.5. The van der Waals surface area contributed by atoms with Crippen LogP contribution in [0.2, 0.25) is 0 Å². The molecule has 0 saturated carbocycles. The third-order valence-electron chi connectivity index (χ3n) is 6.15. The van der Waals surface area contributed by atoms with E-state index >= 15 is 0 Å². The van der Waals surface area contributed by atoms with Gasteiger partial charge in [0.15, 0.2) is 11.6 Å². The minimum Gasteiger partial charge on any atom is -0.498 e. The predicted octanol–water partition coefficient (Wildman–Crippen LogP) is 4.55. The van der Waals surface area contributed by atoms with Gasteiger partial charge < -0.3 is 19.2 Å². The second-order valence-electron chi connectivity index (χ2n) is 9.08. The SMILES string of the molecule is C=CC1=C(/C=C/OC[C@H]2COC(C)(C)O2)C(C)(C)c2[nH]c3c(C#N)c(C#N)ccc3c2C1=O. The van der Waals surface area contributed by atoms with E-state index in [0.717, 1.165) is 5.57 Å². The number of rotatable bonds is 5. The highest BCUT2D eigenvalue weighted by atomic mass is 16.7. The van der Waals surface area contributed by atoms with Crippen LogP contribution in [0.15, 0.2) is 48.3 Å². The molecule has 0 unspecified atom stereocenters. The highest BCUT2D eigenvalue weighted by Gasteiger charge is 2.40. The molecule has 1 atom stereocenters. The molecule has 4 rings (SSSR count). The highest BCUT2D eigenvalue weighted by molar-refractivity contribution is 6.21. The van der Waals surface area contributed by atoms with Crippen LogP contribution in [0.5, 0.6) is 0 Å². The van der Waals surface area contributed by atoms with E-state index in [0.29, 0.717) is 40.9 Å². The number of hydrogen-bond donors (Lipinski definition) is 1. The lowest BCUT2D eigenvalue weighted by molar-refractivity contribution is -0.142. The number of ketones is 1. The van der Waals surface area contributed by atoms with Gasteiger partial charge in [0, 0.05) is 22.1 Å². The van der Waals surface area contributed by atoms with Crippen molar-refractivity contribution in [1.82, 2.24) is 4.98 Å². The summed E-state index contributed by atoms with van der Waals surface area (Å²) in [4.78, 5) is 16.8. The third-order valence-corrected chi connectivity index (χ3v) is 6.15. The van der Waals surface area contributed by atoms with Crippen molar-refractivity contribution in [3.05, 3.63) is 70.7 Å². The van der Waals surface area contributed by atoms with Gasteiger partial charge in [-0.3, -0.25) is 4.79 Å². The van der Waals surface area contributed by atoms with Gasteiger partial charge in [-0.1, -0.05) is 32.6 Å². The van der Waals surface area contributed by atoms with Crippen molar-refractivity contribution in [3.8, 4) is 12.1 Å². The van der Waals surface area contributed by atoms with Gasteiger partial charge in [-0.2, -0.15) is 10.5 Å². The standard InChI is InChI=1S/C26H25N3O4/c1-6-17-20(9-10-31-13-16-14-32-26(4,5)33-16)25(2,3)24-21(23(17)30)18-8-7-15(11-27)19(12-28)22(18)29-24/h6-10,16,29H,1,13-14H2,2-5H3/b10-9+/t16-/m0/s1. The number of ether oxygens (including phenoxy) is 3. The number of carbonyl (C=O) groups is 1. The first-order valence-corrected chi connectivity index (χ1v) is 10.7. The van der Waals surface area contributed by atoms with Gasteiger partial charge in [0.25, 0.3) is 0 Å². The molecule has 2 aliphatic rings. The fourth-order valence-corrected chi connectivity index (χ4v) is 4.53. The van der Waals surface area contributed by atoms with Gasteiger partial charge in [0.05, 0.1) is 35.1 Å². The average molecular weight is 444 g/mol. The molecule has 1 aromatic heterocycles. The molecule has 1 aliphatic carbocycles. The number of hydrogen-bond acceptors (Lipinski definition) is 6. The molecule has 1 aromatic carbocycles. The summed E-state index contributed by atoms with van der Waals surface area (Å²) in [6.45, 7) is 12.3. The molecule has 1 saturated heterocycles. The van der Waals surface area contributed by atoms with E-state index in [2.05, 4.69) is 17.6 Å². The van der Waals surface area contributed by atoms with Crippen molar-refractivity contribution in [2.24, 2.45) is 0 Å².